The van der Waals surface area contributed by atoms with E-state index in [1.165, 1.54) is 22.3 Å². The van der Waals surface area contributed by atoms with Crippen LogP contribution in [-0.2, 0) is 15.6 Å². The van der Waals surface area contributed by atoms with Crippen LogP contribution >= 0.6 is 0 Å². The molecule has 1 aromatic carbocycles. The maximum absolute atomic E-state index is 6.10. The molecular weight excluding hydrogens is 232 g/mol. The molecule has 0 aliphatic carbocycles. The van der Waals surface area contributed by atoms with Gasteiger partial charge in [-0.1, -0.05) is 65.8 Å². The topological polar surface area (TPSA) is 9.23 Å². The van der Waals surface area contributed by atoms with E-state index in [4.69, 9.17) is 4.74 Å². The van der Waals surface area contributed by atoms with Crippen molar-refractivity contribution >= 4 is 0 Å². The monoisotopic (exact) mass is 256 g/mol. The van der Waals surface area contributed by atoms with Crippen LogP contribution in [0.3, 0.4) is 0 Å². The predicted molar refractivity (Wildman–Crippen MR) is 79.5 cm³/mol. The van der Waals surface area contributed by atoms with E-state index in [9.17, 15) is 0 Å². The van der Waals surface area contributed by atoms with Gasteiger partial charge in [0.2, 0.25) is 0 Å². The fourth-order valence-electron chi connectivity index (χ4n) is 3.34. The molecule has 102 valence electrons. The first-order valence-corrected chi connectivity index (χ1v) is 7.21. The highest BCUT2D eigenvalue weighted by molar-refractivity contribution is 5.55. The maximum atomic E-state index is 6.10. The summed E-state index contributed by atoms with van der Waals surface area (Å²) in [5.74, 6) is 0. The molecule has 1 heteroatoms. The van der Waals surface area contributed by atoms with Crippen LogP contribution in [0.25, 0.3) is 0 Å². The van der Waals surface area contributed by atoms with E-state index in [1.54, 1.807) is 0 Å². The number of fused-ring (bicyclic) bond motifs is 5. The lowest BCUT2D eigenvalue weighted by atomic mass is 9.73. The van der Waals surface area contributed by atoms with Gasteiger partial charge < -0.3 is 4.74 Å². The first-order valence-electron chi connectivity index (χ1n) is 7.21. The summed E-state index contributed by atoms with van der Waals surface area (Å²) in [7, 11) is 0. The van der Waals surface area contributed by atoms with Crippen LogP contribution < -0.4 is 0 Å². The van der Waals surface area contributed by atoms with Crippen molar-refractivity contribution in [2.75, 3.05) is 0 Å². The van der Waals surface area contributed by atoms with Gasteiger partial charge >= 0.3 is 0 Å². The largest absolute Gasteiger partial charge is 0.357 e. The summed E-state index contributed by atoms with van der Waals surface area (Å²) in [4.78, 5) is 0. The molecule has 0 fully saturated rings. The zero-order chi connectivity index (χ0) is 14.0. The summed E-state index contributed by atoms with van der Waals surface area (Å²) in [5.41, 5.74) is 6.09. The maximum Gasteiger partial charge on any atom is 0.103 e. The number of ether oxygens (including phenoxy) is 1. The third kappa shape index (κ3) is 1.87. The highest BCUT2D eigenvalue weighted by atomic mass is 16.5. The number of rotatable bonds is 0. The molecule has 2 aliphatic heterocycles. The molecule has 0 spiro atoms. The van der Waals surface area contributed by atoms with E-state index in [1.807, 2.05) is 0 Å². The van der Waals surface area contributed by atoms with Crippen molar-refractivity contribution in [3.05, 3.63) is 46.5 Å². The summed E-state index contributed by atoms with van der Waals surface area (Å²) in [5, 5.41) is 0. The predicted octanol–water partition coefficient (Wildman–Crippen LogP) is 4.96. The second kappa shape index (κ2) is 3.73. The van der Waals surface area contributed by atoms with Gasteiger partial charge in [0.25, 0.3) is 0 Å². The second-order valence-electron chi connectivity index (χ2n) is 7.85. The van der Waals surface area contributed by atoms with E-state index < -0.39 is 0 Å². The van der Waals surface area contributed by atoms with Crippen molar-refractivity contribution in [2.24, 2.45) is 0 Å². The molecule has 0 radical (unpaired) electrons. The fraction of sp³-hybridized carbons (Fsp3) is 0.556. The molecule has 0 unspecified atom stereocenters. The van der Waals surface area contributed by atoms with Gasteiger partial charge in [-0.15, -0.1) is 0 Å². The molecular formula is C18H24O. The van der Waals surface area contributed by atoms with Crippen LogP contribution in [0, 0.1) is 0 Å². The van der Waals surface area contributed by atoms with E-state index in [2.05, 4.69) is 65.8 Å². The normalized spacial score (nSPS) is 24.9. The molecule has 0 amide bonds. The quantitative estimate of drug-likeness (QED) is 0.596. The Morgan fingerprint density at radius 2 is 1.11 bits per heavy atom. The SMILES string of the molecule is CC(C)(C)c1ccc(C(C)(C)C)c2c1[C@@H]1C=C[C@H]2O1. The number of hydrogen-bond acceptors (Lipinski definition) is 1. The first-order chi connectivity index (χ1) is 8.69. The van der Waals surface area contributed by atoms with Crippen LogP contribution in [-0.4, -0.2) is 0 Å². The molecule has 0 saturated carbocycles. The minimum atomic E-state index is 0.169. The standard InChI is InChI=1S/C18H24O/c1-17(2,3)11-7-8-12(18(4,5)6)16-14-10-9-13(19-14)15(11)16/h7-10,13-14H,1-6H3/t13-,14+. The van der Waals surface area contributed by atoms with Crippen LogP contribution in [0.4, 0.5) is 0 Å². The van der Waals surface area contributed by atoms with E-state index in [-0.39, 0.29) is 23.0 Å². The van der Waals surface area contributed by atoms with Crippen LogP contribution in [0.2, 0.25) is 0 Å². The molecule has 1 aromatic rings. The van der Waals surface area contributed by atoms with Gasteiger partial charge in [-0.05, 0) is 33.1 Å². The molecule has 2 bridgehead atoms. The van der Waals surface area contributed by atoms with Crippen LogP contribution in [0.15, 0.2) is 24.3 Å². The number of hydrogen-bond donors (Lipinski definition) is 0. The van der Waals surface area contributed by atoms with Crippen molar-refractivity contribution in [1.29, 1.82) is 0 Å². The molecule has 2 atom stereocenters. The molecule has 1 nitrogen and oxygen atoms in total. The molecule has 2 heterocycles. The summed E-state index contributed by atoms with van der Waals surface area (Å²) >= 11 is 0. The van der Waals surface area contributed by atoms with Gasteiger partial charge in [0, 0.05) is 0 Å². The zero-order valence-corrected chi connectivity index (χ0v) is 12.9. The van der Waals surface area contributed by atoms with Crippen LogP contribution in [0.5, 0.6) is 0 Å². The van der Waals surface area contributed by atoms with Gasteiger partial charge in [0.15, 0.2) is 0 Å². The Kier molecular flexibility index (Phi) is 2.54. The van der Waals surface area contributed by atoms with Crippen molar-refractivity contribution in [3.63, 3.8) is 0 Å². The highest BCUT2D eigenvalue weighted by Crippen LogP contribution is 2.52. The van der Waals surface area contributed by atoms with Crippen molar-refractivity contribution in [3.8, 4) is 0 Å². The van der Waals surface area contributed by atoms with E-state index in [0.29, 0.717) is 0 Å². The van der Waals surface area contributed by atoms with Crippen LogP contribution in [0.1, 0.15) is 76.0 Å². The molecule has 0 saturated heterocycles. The minimum absolute atomic E-state index is 0.169. The Hall–Kier alpha value is -1.08. The Morgan fingerprint density at radius 1 is 0.737 bits per heavy atom. The van der Waals surface area contributed by atoms with Gasteiger partial charge in [-0.2, -0.15) is 0 Å². The van der Waals surface area contributed by atoms with Gasteiger partial charge in [0.1, 0.15) is 12.2 Å². The summed E-state index contributed by atoms with van der Waals surface area (Å²) < 4.78 is 6.10. The van der Waals surface area contributed by atoms with E-state index >= 15 is 0 Å². The van der Waals surface area contributed by atoms with Gasteiger partial charge in [-0.25, -0.2) is 0 Å². The van der Waals surface area contributed by atoms with Crippen molar-refractivity contribution < 1.29 is 4.74 Å². The lowest BCUT2D eigenvalue weighted by Crippen LogP contribution is -2.20. The summed E-state index contributed by atoms with van der Waals surface area (Å²) in [6, 6.07) is 4.63. The molecule has 2 aliphatic rings. The van der Waals surface area contributed by atoms with E-state index in [0.717, 1.165) is 0 Å². The Bertz CT molecular complexity index is 503. The Labute approximate surface area is 116 Å². The first kappa shape index (κ1) is 12.9. The third-order valence-electron chi connectivity index (χ3n) is 4.23. The third-order valence-corrected chi connectivity index (χ3v) is 4.23. The number of benzene rings is 1. The average Bonchev–Trinajstić information content (AvgIpc) is 2.85. The average molecular weight is 256 g/mol. The van der Waals surface area contributed by atoms with Gasteiger partial charge in [-0.3, -0.25) is 0 Å². The lowest BCUT2D eigenvalue weighted by Gasteiger charge is -2.30. The summed E-state index contributed by atoms with van der Waals surface area (Å²) in [6.45, 7) is 13.7. The smallest absolute Gasteiger partial charge is 0.103 e. The lowest BCUT2D eigenvalue weighted by molar-refractivity contribution is 0.0867. The molecule has 0 aromatic heterocycles. The Balaban J connectivity index is 2.28. The zero-order valence-electron chi connectivity index (χ0n) is 12.9. The van der Waals surface area contributed by atoms with Crippen molar-refractivity contribution in [1.82, 2.24) is 0 Å². The Morgan fingerprint density at radius 3 is 1.42 bits per heavy atom. The minimum Gasteiger partial charge on any atom is -0.357 e. The highest BCUT2D eigenvalue weighted by Gasteiger charge is 2.40. The fourth-order valence-corrected chi connectivity index (χ4v) is 3.34. The molecule has 19 heavy (non-hydrogen) atoms. The molecule has 0 N–H and O–H groups in total. The summed E-state index contributed by atoms with van der Waals surface area (Å²) in [6.07, 6.45) is 4.79. The molecule has 3 rings (SSSR count). The second-order valence-corrected chi connectivity index (χ2v) is 7.85. The van der Waals surface area contributed by atoms with Gasteiger partial charge in [0.05, 0.1) is 0 Å². The van der Waals surface area contributed by atoms with Crippen molar-refractivity contribution in [2.45, 2.75) is 64.6 Å².